The average Bonchev–Trinajstić information content (AvgIpc) is 2.95. The number of phenols is 1. The second-order valence-corrected chi connectivity index (χ2v) is 6.86. The van der Waals surface area contributed by atoms with E-state index in [1.807, 2.05) is 19.1 Å². The summed E-state index contributed by atoms with van der Waals surface area (Å²) in [6, 6.07) is 5.75. The molecule has 1 aromatic carbocycles. The van der Waals surface area contributed by atoms with Crippen molar-refractivity contribution in [2.24, 2.45) is 11.8 Å². The summed E-state index contributed by atoms with van der Waals surface area (Å²) in [7, 11) is 0. The van der Waals surface area contributed by atoms with E-state index in [2.05, 4.69) is 13.5 Å². The number of aryl methyl sites for hydroxylation is 1. The highest BCUT2D eigenvalue weighted by Crippen LogP contribution is 2.46. The lowest BCUT2D eigenvalue weighted by atomic mass is 9.71. The molecular formula is C20H24O4. The molecule has 0 radical (unpaired) electrons. The van der Waals surface area contributed by atoms with Crippen LogP contribution >= 0.6 is 0 Å². The molecule has 1 saturated heterocycles. The second kappa shape index (κ2) is 6.44. The van der Waals surface area contributed by atoms with Crippen molar-refractivity contribution in [3.8, 4) is 5.75 Å². The van der Waals surface area contributed by atoms with Gasteiger partial charge in [-0.25, -0.2) is 0 Å². The molecule has 2 aliphatic rings. The number of ketones is 1. The molecule has 128 valence electrons. The Kier molecular flexibility index (Phi) is 4.50. The van der Waals surface area contributed by atoms with Crippen LogP contribution in [0.1, 0.15) is 30.9 Å². The molecule has 1 aliphatic heterocycles. The number of carbonyl (C=O) groups excluding carboxylic acids is 1. The van der Waals surface area contributed by atoms with Crippen molar-refractivity contribution in [3.63, 3.8) is 0 Å². The molecular weight excluding hydrogens is 304 g/mol. The SMILES string of the molecule is C=CCC1C[C@]2([C@@H](C)Cc3ccc(C)c(O)c3)OCOC2=CC1=O. The average molecular weight is 328 g/mol. The minimum absolute atomic E-state index is 0.0891. The van der Waals surface area contributed by atoms with Gasteiger partial charge in [-0.15, -0.1) is 6.58 Å². The third kappa shape index (κ3) is 2.86. The van der Waals surface area contributed by atoms with Crippen LogP contribution in [0, 0.1) is 18.8 Å². The van der Waals surface area contributed by atoms with Gasteiger partial charge in [0.25, 0.3) is 0 Å². The molecule has 24 heavy (non-hydrogen) atoms. The fourth-order valence-corrected chi connectivity index (χ4v) is 3.72. The van der Waals surface area contributed by atoms with E-state index in [-0.39, 0.29) is 24.4 Å². The van der Waals surface area contributed by atoms with E-state index in [1.54, 1.807) is 18.2 Å². The van der Waals surface area contributed by atoms with Crippen LogP contribution in [-0.2, 0) is 20.7 Å². The van der Waals surface area contributed by atoms with Gasteiger partial charge in [-0.2, -0.15) is 0 Å². The highest BCUT2D eigenvalue weighted by atomic mass is 16.7. The Bertz CT molecular complexity index is 691. The maximum atomic E-state index is 12.2. The monoisotopic (exact) mass is 328 g/mol. The predicted molar refractivity (Wildman–Crippen MR) is 91.5 cm³/mol. The molecule has 0 aromatic heterocycles. The first-order valence-corrected chi connectivity index (χ1v) is 8.38. The van der Waals surface area contributed by atoms with Gasteiger partial charge in [0.2, 0.25) is 0 Å². The number of carbonyl (C=O) groups is 1. The smallest absolute Gasteiger partial charge is 0.189 e. The molecule has 3 atom stereocenters. The van der Waals surface area contributed by atoms with Crippen LogP contribution in [0.5, 0.6) is 5.75 Å². The second-order valence-electron chi connectivity index (χ2n) is 6.86. The van der Waals surface area contributed by atoms with Gasteiger partial charge < -0.3 is 14.6 Å². The van der Waals surface area contributed by atoms with Crippen molar-refractivity contribution < 1.29 is 19.4 Å². The lowest BCUT2D eigenvalue weighted by Gasteiger charge is -2.38. The van der Waals surface area contributed by atoms with Crippen molar-refractivity contribution >= 4 is 5.78 Å². The van der Waals surface area contributed by atoms with Crippen molar-refractivity contribution in [1.29, 1.82) is 0 Å². The molecule has 4 heteroatoms. The zero-order valence-electron chi connectivity index (χ0n) is 14.2. The molecule has 1 N–H and O–H groups in total. The number of allylic oxidation sites excluding steroid dienone is 2. The quantitative estimate of drug-likeness (QED) is 0.838. The first-order valence-electron chi connectivity index (χ1n) is 8.38. The van der Waals surface area contributed by atoms with Gasteiger partial charge in [0, 0.05) is 12.0 Å². The number of hydrogen-bond donors (Lipinski definition) is 1. The molecule has 0 saturated carbocycles. The number of ether oxygens (including phenoxy) is 2. The largest absolute Gasteiger partial charge is 0.508 e. The number of benzene rings is 1. The van der Waals surface area contributed by atoms with Gasteiger partial charge in [0.15, 0.2) is 12.6 Å². The number of hydrogen-bond acceptors (Lipinski definition) is 4. The molecule has 4 nitrogen and oxygen atoms in total. The van der Waals surface area contributed by atoms with Gasteiger partial charge >= 0.3 is 0 Å². The van der Waals surface area contributed by atoms with Gasteiger partial charge in [0.05, 0.1) is 0 Å². The van der Waals surface area contributed by atoms with E-state index >= 15 is 0 Å². The molecule has 0 spiro atoms. The minimum Gasteiger partial charge on any atom is -0.508 e. The topological polar surface area (TPSA) is 55.8 Å². The number of aromatic hydroxyl groups is 1. The summed E-state index contributed by atoms with van der Waals surface area (Å²) >= 11 is 0. The fraction of sp³-hybridized carbons (Fsp3) is 0.450. The van der Waals surface area contributed by atoms with Crippen LogP contribution in [-0.4, -0.2) is 23.3 Å². The number of fused-ring (bicyclic) bond motifs is 1. The van der Waals surface area contributed by atoms with E-state index in [0.717, 1.165) is 17.5 Å². The van der Waals surface area contributed by atoms with Crippen molar-refractivity contribution in [2.75, 3.05) is 6.79 Å². The van der Waals surface area contributed by atoms with E-state index in [9.17, 15) is 9.90 Å². The summed E-state index contributed by atoms with van der Waals surface area (Å²) in [5.74, 6) is 1.05. The first-order chi connectivity index (χ1) is 11.5. The first kappa shape index (κ1) is 16.8. The van der Waals surface area contributed by atoms with Crippen LogP contribution in [0.3, 0.4) is 0 Å². The highest BCUT2D eigenvalue weighted by Gasteiger charge is 2.51. The summed E-state index contributed by atoms with van der Waals surface area (Å²) in [4.78, 5) is 12.2. The zero-order valence-corrected chi connectivity index (χ0v) is 14.2. The Morgan fingerprint density at radius 3 is 3.00 bits per heavy atom. The third-order valence-corrected chi connectivity index (χ3v) is 5.24. The Morgan fingerprint density at radius 2 is 2.29 bits per heavy atom. The molecule has 0 bridgehead atoms. The van der Waals surface area contributed by atoms with Gasteiger partial charge in [-0.1, -0.05) is 25.1 Å². The Balaban J connectivity index is 1.87. The lowest BCUT2D eigenvalue weighted by molar-refractivity contribution is -0.123. The Hall–Kier alpha value is -2.07. The Morgan fingerprint density at radius 1 is 1.50 bits per heavy atom. The molecule has 1 aliphatic carbocycles. The summed E-state index contributed by atoms with van der Waals surface area (Å²) in [5, 5.41) is 9.93. The van der Waals surface area contributed by atoms with Gasteiger partial charge in [0.1, 0.15) is 17.1 Å². The van der Waals surface area contributed by atoms with Crippen LogP contribution < -0.4 is 0 Å². The Labute approximate surface area is 142 Å². The fourth-order valence-electron chi connectivity index (χ4n) is 3.72. The van der Waals surface area contributed by atoms with Gasteiger partial charge in [-0.05, 0) is 49.3 Å². The summed E-state index contributed by atoms with van der Waals surface area (Å²) < 4.78 is 11.6. The van der Waals surface area contributed by atoms with Crippen LogP contribution in [0.4, 0.5) is 0 Å². The standard InChI is InChI=1S/C20H24O4/c1-4-5-16-11-20(19(10-18(16)22)23-12-24-20)14(3)8-15-7-6-13(2)17(21)9-15/h4,6-7,9-10,14,16,21H,1,5,8,11-12H2,2-3H3/t14-,16?,20+/m0/s1. The summed E-state index contributed by atoms with van der Waals surface area (Å²) in [6.45, 7) is 7.93. The number of rotatable bonds is 5. The molecule has 1 unspecified atom stereocenters. The maximum Gasteiger partial charge on any atom is 0.189 e. The van der Waals surface area contributed by atoms with Crippen molar-refractivity contribution in [2.45, 2.75) is 38.7 Å². The summed E-state index contributed by atoms with van der Waals surface area (Å²) in [6.07, 6.45) is 5.39. The predicted octanol–water partition coefficient (Wildman–Crippen LogP) is 3.67. The van der Waals surface area contributed by atoms with Crippen molar-refractivity contribution in [3.05, 3.63) is 53.8 Å². The highest BCUT2D eigenvalue weighted by molar-refractivity contribution is 5.93. The number of phenolic OH excluding ortho intramolecular Hbond substituents is 1. The molecule has 1 aromatic rings. The van der Waals surface area contributed by atoms with Gasteiger partial charge in [-0.3, -0.25) is 4.79 Å². The van der Waals surface area contributed by atoms with E-state index in [4.69, 9.17) is 9.47 Å². The lowest BCUT2D eigenvalue weighted by Crippen LogP contribution is -2.44. The van der Waals surface area contributed by atoms with Crippen LogP contribution in [0.25, 0.3) is 0 Å². The molecule has 1 heterocycles. The minimum atomic E-state index is -0.567. The molecule has 3 rings (SSSR count). The van der Waals surface area contributed by atoms with E-state index in [1.165, 1.54) is 0 Å². The van der Waals surface area contributed by atoms with E-state index < -0.39 is 5.60 Å². The normalized spacial score (nSPS) is 27.2. The van der Waals surface area contributed by atoms with E-state index in [0.29, 0.717) is 24.4 Å². The third-order valence-electron chi connectivity index (χ3n) is 5.24. The van der Waals surface area contributed by atoms with Crippen molar-refractivity contribution in [1.82, 2.24) is 0 Å². The molecule has 1 fully saturated rings. The van der Waals surface area contributed by atoms with Crippen LogP contribution in [0.2, 0.25) is 0 Å². The van der Waals surface area contributed by atoms with Crippen LogP contribution in [0.15, 0.2) is 42.7 Å². The molecule has 0 amide bonds. The summed E-state index contributed by atoms with van der Waals surface area (Å²) in [5.41, 5.74) is 1.34. The maximum absolute atomic E-state index is 12.2. The zero-order chi connectivity index (χ0) is 17.3.